The summed E-state index contributed by atoms with van der Waals surface area (Å²) in [5.74, 6) is 0.392. The van der Waals surface area contributed by atoms with E-state index in [1.54, 1.807) is 4.90 Å². The number of allylic oxidation sites excluding steroid dienone is 2. The third-order valence-corrected chi connectivity index (χ3v) is 6.98. The minimum absolute atomic E-state index is 0.0373. The number of carbonyl (C=O) groups excluding carboxylic acids is 1. The van der Waals surface area contributed by atoms with E-state index in [1.165, 1.54) is 16.7 Å². The normalized spacial score (nSPS) is 12.8. The summed E-state index contributed by atoms with van der Waals surface area (Å²) in [4.78, 5) is 19.7. The van der Waals surface area contributed by atoms with Crippen LogP contribution in [0, 0.1) is 0 Å². The summed E-state index contributed by atoms with van der Waals surface area (Å²) < 4.78 is 0. The Morgan fingerprint density at radius 2 is 1.76 bits per heavy atom. The van der Waals surface area contributed by atoms with Crippen LogP contribution in [-0.4, -0.2) is 48.0 Å². The molecule has 6 nitrogen and oxygen atoms in total. The van der Waals surface area contributed by atoms with Crippen LogP contribution in [0.25, 0.3) is 17.2 Å². The van der Waals surface area contributed by atoms with Gasteiger partial charge >= 0.3 is 0 Å². The topological polar surface area (TPSA) is 105 Å². The highest BCUT2D eigenvalue weighted by atomic mass is 16.3. The standard InChI is InChI=1S/C32H44N4O2/c1-4-16-36(17-7-18-37)32(38)29-20-28-14-13-27(21-30(28)35-31(34)22-29)25-11-9-24(10-12-25)19-26(23(2)3)8-5-6-15-33/h9-14,20-21,37H,4-8,15-19,22,33H2,1-3H3,(H2,34,35). The number of fused-ring (bicyclic) bond motifs is 1. The van der Waals surface area contributed by atoms with Crippen LogP contribution in [0.15, 0.2) is 64.2 Å². The van der Waals surface area contributed by atoms with E-state index in [9.17, 15) is 9.90 Å². The summed E-state index contributed by atoms with van der Waals surface area (Å²) in [6.07, 6.45) is 7.91. The van der Waals surface area contributed by atoms with E-state index in [0.29, 0.717) is 37.3 Å². The molecule has 204 valence electrons. The molecule has 0 saturated carbocycles. The van der Waals surface area contributed by atoms with Gasteiger partial charge in [-0.1, -0.05) is 54.5 Å². The molecule has 3 rings (SSSR count). The summed E-state index contributed by atoms with van der Waals surface area (Å²) >= 11 is 0. The van der Waals surface area contributed by atoms with Crippen molar-refractivity contribution in [3.63, 3.8) is 0 Å². The highest BCUT2D eigenvalue weighted by Crippen LogP contribution is 2.32. The first kappa shape index (κ1) is 29.3. The number of nitrogens with zero attached hydrogens (tertiary/aromatic N) is 2. The molecule has 1 aliphatic heterocycles. The number of amidine groups is 1. The zero-order valence-corrected chi connectivity index (χ0v) is 23.3. The van der Waals surface area contributed by atoms with Crippen molar-refractivity contribution < 1.29 is 9.90 Å². The van der Waals surface area contributed by atoms with Crippen molar-refractivity contribution in [1.82, 2.24) is 4.90 Å². The second-order valence-corrected chi connectivity index (χ2v) is 10.3. The Hall–Kier alpha value is -3.22. The zero-order valence-electron chi connectivity index (χ0n) is 23.3. The number of aliphatic imine (C=N–C) groups is 1. The Bertz CT molecular complexity index is 1170. The van der Waals surface area contributed by atoms with Crippen LogP contribution in [0.5, 0.6) is 0 Å². The third kappa shape index (κ3) is 8.14. The largest absolute Gasteiger partial charge is 0.396 e. The second kappa shape index (κ2) is 14.6. The smallest absolute Gasteiger partial charge is 0.250 e. The van der Waals surface area contributed by atoms with Crippen LogP contribution >= 0.6 is 0 Å². The Morgan fingerprint density at radius 3 is 2.42 bits per heavy atom. The number of rotatable bonds is 13. The quantitative estimate of drug-likeness (QED) is 0.233. The number of unbranched alkanes of at least 4 members (excludes halogenated alkanes) is 1. The molecular formula is C32H44N4O2. The summed E-state index contributed by atoms with van der Waals surface area (Å²) in [6.45, 7) is 8.42. The number of amides is 1. The highest BCUT2D eigenvalue weighted by Gasteiger charge is 2.21. The monoisotopic (exact) mass is 516 g/mol. The fraction of sp³-hybridized carbons (Fsp3) is 0.438. The van der Waals surface area contributed by atoms with Gasteiger partial charge in [0.25, 0.3) is 0 Å². The summed E-state index contributed by atoms with van der Waals surface area (Å²) in [5.41, 5.74) is 20.6. The molecule has 0 aromatic heterocycles. The molecule has 0 spiro atoms. The van der Waals surface area contributed by atoms with E-state index in [0.717, 1.165) is 61.0 Å². The summed E-state index contributed by atoms with van der Waals surface area (Å²) in [7, 11) is 0. The SMILES string of the molecule is CCCN(CCCO)C(=O)C1=Cc2ccc(-c3ccc(CC(CCCCN)=C(C)C)cc3)cc2N=C(N)C1. The molecule has 1 aliphatic rings. The maximum atomic E-state index is 13.3. The molecule has 0 atom stereocenters. The molecule has 2 aromatic rings. The van der Waals surface area contributed by atoms with Crippen molar-refractivity contribution in [2.75, 3.05) is 26.2 Å². The lowest BCUT2D eigenvalue weighted by Crippen LogP contribution is -2.35. The van der Waals surface area contributed by atoms with Crippen molar-refractivity contribution in [2.45, 2.75) is 65.7 Å². The van der Waals surface area contributed by atoms with Gasteiger partial charge in [-0.05, 0) is 87.7 Å². The van der Waals surface area contributed by atoms with Gasteiger partial charge in [-0.15, -0.1) is 0 Å². The molecule has 38 heavy (non-hydrogen) atoms. The van der Waals surface area contributed by atoms with Gasteiger partial charge in [-0.2, -0.15) is 0 Å². The summed E-state index contributed by atoms with van der Waals surface area (Å²) in [5, 5.41) is 9.23. The first-order valence-corrected chi connectivity index (χ1v) is 13.9. The molecule has 0 fully saturated rings. The predicted molar refractivity (Wildman–Crippen MR) is 159 cm³/mol. The fourth-order valence-electron chi connectivity index (χ4n) is 4.82. The molecule has 1 amide bonds. The van der Waals surface area contributed by atoms with Gasteiger partial charge in [0, 0.05) is 37.3 Å². The van der Waals surface area contributed by atoms with Gasteiger partial charge in [0.05, 0.1) is 5.69 Å². The number of hydrogen-bond acceptors (Lipinski definition) is 5. The molecule has 6 heteroatoms. The Morgan fingerprint density at radius 1 is 1.03 bits per heavy atom. The van der Waals surface area contributed by atoms with Crippen molar-refractivity contribution in [2.24, 2.45) is 16.5 Å². The van der Waals surface area contributed by atoms with Crippen LogP contribution in [0.4, 0.5) is 5.69 Å². The van der Waals surface area contributed by atoms with E-state index >= 15 is 0 Å². The predicted octanol–water partition coefficient (Wildman–Crippen LogP) is 5.76. The zero-order chi connectivity index (χ0) is 27.5. The number of nitrogens with two attached hydrogens (primary N) is 2. The maximum absolute atomic E-state index is 13.3. The average molecular weight is 517 g/mol. The number of hydrogen-bond donors (Lipinski definition) is 3. The van der Waals surface area contributed by atoms with Gasteiger partial charge in [0.1, 0.15) is 5.84 Å². The van der Waals surface area contributed by atoms with Crippen LogP contribution in [0.2, 0.25) is 0 Å². The second-order valence-electron chi connectivity index (χ2n) is 10.3. The lowest BCUT2D eigenvalue weighted by molar-refractivity contribution is -0.127. The molecular weight excluding hydrogens is 472 g/mol. The Labute approximate surface area is 228 Å². The van der Waals surface area contributed by atoms with Crippen molar-refractivity contribution in [3.8, 4) is 11.1 Å². The van der Waals surface area contributed by atoms with E-state index < -0.39 is 0 Å². The maximum Gasteiger partial charge on any atom is 0.250 e. The first-order chi connectivity index (χ1) is 18.4. The minimum atomic E-state index is -0.0373. The Kier molecular flexibility index (Phi) is 11.3. The van der Waals surface area contributed by atoms with Gasteiger partial charge in [-0.25, -0.2) is 4.99 Å². The van der Waals surface area contributed by atoms with Crippen LogP contribution in [0.3, 0.4) is 0 Å². The number of aliphatic hydroxyl groups is 1. The van der Waals surface area contributed by atoms with Crippen LogP contribution < -0.4 is 11.5 Å². The number of benzene rings is 2. The first-order valence-electron chi connectivity index (χ1n) is 13.9. The average Bonchev–Trinajstić information content (AvgIpc) is 3.08. The lowest BCUT2D eigenvalue weighted by atomic mass is 9.94. The van der Waals surface area contributed by atoms with Crippen LogP contribution in [0.1, 0.15) is 70.4 Å². The van der Waals surface area contributed by atoms with Crippen LogP contribution in [-0.2, 0) is 11.2 Å². The summed E-state index contributed by atoms with van der Waals surface area (Å²) in [6, 6.07) is 14.9. The van der Waals surface area contributed by atoms with Crippen molar-refractivity contribution in [3.05, 3.63) is 70.3 Å². The molecule has 0 unspecified atom stereocenters. The van der Waals surface area contributed by atoms with Gasteiger partial charge < -0.3 is 21.5 Å². The van der Waals surface area contributed by atoms with Gasteiger partial charge in [-0.3, -0.25) is 4.79 Å². The molecule has 0 aliphatic carbocycles. The highest BCUT2D eigenvalue weighted by molar-refractivity contribution is 6.05. The molecule has 0 bridgehead atoms. The molecule has 1 heterocycles. The lowest BCUT2D eigenvalue weighted by Gasteiger charge is -2.23. The van der Waals surface area contributed by atoms with Crippen molar-refractivity contribution in [1.29, 1.82) is 0 Å². The van der Waals surface area contributed by atoms with E-state index in [2.05, 4.69) is 49.2 Å². The molecule has 5 N–H and O–H groups in total. The fourth-order valence-corrected chi connectivity index (χ4v) is 4.82. The van der Waals surface area contributed by atoms with Gasteiger partial charge in [0.2, 0.25) is 5.91 Å². The van der Waals surface area contributed by atoms with E-state index in [-0.39, 0.29) is 12.5 Å². The van der Waals surface area contributed by atoms with Gasteiger partial charge in [0.15, 0.2) is 0 Å². The van der Waals surface area contributed by atoms with E-state index in [4.69, 9.17) is 11.5 Å². The van der Waals surface area contributed by atoms with Crippen molar-refractivity contribution >= 4 is 23.5 Å². The van der Waals surface area contributed by atoms with E-state index in [1.807, 2.05) is 25.1 Å². The molecule has 2 aromatic carbocycles. The minimum Gasteiger partial charge on any atom is -0.396 e. The molecule has 0 saturated heterocycles. The number of carbonyl (C=O) groups is 1. The Balaban J connectivity index is 1.81. The molecule has 0 radical (unpaired) electrons. The third-order valence-electron chi connectivity index (χ3n) is 6.98. The number of aliphatic hydroxyl groups excluding tert-OH is 1.